The summed E-state index contributed by atoms with van der Waals surface area (Å²) in [6, 6.07) is 7.50. The Morgan fingerprint density at radius 3 is 2.48 bits per heavy atom. The Kier molecular flexibility index (Phi) is 7.16. The molecule has 4 atom stereocenters. The van der Waals surface area contributed by atoms with Gasteiger partial charge in [0, 0.05) is 0 Å². The molecule has 1 aliphatic rings. The van der Waals surface area contributed by atoms with Crippen LogP contribution in [-0.4, -0.2) is 74.6 Å². The van der Waals surface area contributed by atoms with Crippen molar-refractivity contribution in [3.8, 4) is 0 Å². The van der Waals surface area contributed by atoms with E-state index in [2.05, 4.69) is 20.8 Å². The Bertz CT molecular complexity index is 746. The average Bonchev–Trinajstić information content (AvgIpc) is 3.00. The van der Waals surface area contributed by atoms with E-state index in [0.717, 1.165) is 17.3 Å². The number of aliphatic hydroxyl groups excluding tert-OH is 5. The molecule has 0 spiro atoms. The molecule has 0 aliphatic carbocycles. The van der Waals surface area contributed by atoms with Gasteiger partial charge in [0.1, 0.15) is 30.1 Å². The minimum absolute atomic E-state index is 0.0206. The van der Waals surface area contributed by atoms with Gasteiger partial charge in [-0.2, -0.15) is 5.10 Å². The van der Waals surface area contributed by atoms with E-state index in [0.29, 0.717) is 0 Å². The van der Waals surface area contributed by atoms with Crippen LogP contribution in [0.1, 0.15) is 11.1 Å². The SMILES string of the molecule is Cc1ccc(/C=C2\N=C(N/N=C/[C@H](O)[C@@H](O)[C@H](O)[C@H](O)CO)NC2=O)cc1. The highest BCUT2D eigenvalue weighted by Gasteiger charge is 2.29. The molecule has 146 valence electrons. The van der Waals surface area contributed by atoms with Crippen LogP contribution in [0.5, 0.6) is 0 Å². The molecule has 1 aromatic carbocycles. The number of nitrogens with one attached hydrogen (secondary N) is 2. The van der Waals surface area contributed by atoms with E-state index in [1.54, 1.807) is 6.08 Å². The van der Waals surface area contributed by atoms with E-state index in [4.69, 9.17) is 5.11 Å². The number of rotatable bonds is 7. The molecule has 10 nitrogen and oxygen atoms in total. The molecule has 0 radical (unpaired) electrons. The molecule has 27 heavy (non-hydrogen) atoms. The maximum absolute atomic E-state index is 11.9. The first-order valence-corrected chi connectivity index (χ1v) is 8.12. The highest BCUT2D eigenvalue weighted by atomic mass is 16.4. The second-order valence-corrected chi connectivity index (χ2v) is 5.97. The van der Waals surface area contributed by atoms with Gasteiger partial charge in [0.25, 0.3) is 5.91 Å². The number of amides is 1. The Labute approximate surface area is 155 Å². The highest BCUT2D eigenvalue weighted by Crippen LogP contribution is 2.12. The predicted molar refractivity (Wildman–Crippen MR) is 97.5 cm³/mol. The van der Waals surface area contributed by atoms with E-state index < -0.39 is 36.9 Å². The Balaban J connectivity index is 1.96. The molecule has 10 heteroatoms. The predicted octanol–water partition coefficient (Wildman–Crippen LogP) is -2.17. The lowest BCUT2D eigenvalue weighted by atomic mass is 10.0. The number of aliphatic hydroxyl groups is 5. The molecule has 1 aromatic rings. The number of aliphatic imine (C=N–C) groups is 1. The fourth-order valence-electron chi connectivity index (χ4n) is 2.14. The zero-order chi connectivity index (χ0) is 20.0. The smallest absolute Gasteiger partial charge is 0.276 e. The van der Waals surface area contributed by atoms with E-state index in [1.165, 1.54) is 0 Å². The number of nitrogens with zero attached hydrogens (tertiary/aromatic N) is 2. The summed E-state index contributed by atoms with van der Waals surface area (Å²) >= 11 is 0. The van der Waals surface area contributed by atoms with Gasteiger partial charge in [-0.15, -0.1) is 0 Å². The Hall–Kier alpha value is -2.63. The number of aryl methyl sites for hydroxylation is 1. The third kappa shape index (κ3) is 5.67. The van der Waals surface area contributed by atoms with Gasteiger partial charge in [-0.25, -0.2) is 10.4 Å². The van der Waals surface area contributed by atoms with Gasteiger partial charge in [-0.1, -0.05) is 29.8 Å². The van der Waals surface area contributed by atoms with Crippen molar-refractivity contribution in [2.24, 2.45) is 10.1 Å². The van der Waals surface area contributed by atoms with Crippen molar-refractivity contribution in [3.05, 3.63) is 41.1 Å². The normalized spacial score (nSPS) is 20.3. The standard InChI is InChI=1S/C17H22N4O6/c1-9-2-4-10(5-3-9)6-11-16(27)20-17(19-11)21-18-7-12(23)14(25)15(26)13(24)8-22/h2-7,12-15,22-26H,8H2,1H3,(H2,19,20,21,27)/b11-6-,18-7+/t12-,13+,14+,15+/m0/s1. The van der Waals surface area contributed by atoms with Crippen molar-refractivity contribution in [1.29, 1.82) is 0 Å². The molecular weight excluding hydrogens is 356 g/mol. The lowest BCUT2D eigenvalue weighted by Crippen LogP contribution is -2.46. The van der Waals surface area contributed by atoms with Crippen molar-refractivity contribution < 1.29 is 30.3 Å². The van der Waals surface area contributed by atoms with Crippen LogP contribution in [0.2, 0.25) is 0 Å². The van der Waals surface area contributed by atoms with E-state index in [-0.39, 0.29) is 11.7 Å². The lowest BCUT2D eigenvalue weighted by molar-refractivity contribution is -0.115. The third-order valence-corrected chi connectivity index (χ3v) is 3.76. The zero-order valence-corrected chi connectivity index (χ0v) is 14.5. The summed E-state index contributed by atoms with van der Waals surface area (Å²) < 4.78 is 0. The van der Waals surface area contributed by atoms with Crippen LogP contribution in [0.25, 0.3) is 6.08 Å². The molecular formula is C17H22N4O6. The van der Waals surface area contributed by atoms with Crippen LogP contribution < -0.4 is 10.7 Å². The topological polar surface area (TPSA) is 167 Å². The fourth-order valence-corrected chi connectivity index (χ4v) is 2.14. The second kappa shape index (κ2) is 9.35. The van der Waals surface area contributed by atoms with Crippen molar-refractivity contribution in [3.63, 3.8) is 0 Å². The van der Waals surface area contributed by atoms with E-state index in [9.17, 15) is 25.2 Å². The summed E-state index contributed by atoms with van der Waals surface area (Å²) in [6.07, 6.45) is -4.32. The van der Waals surface area contributed by atoms with Gasteiger partial charge in [0.2, 0.25) is 5.96 Å². The van der Waals surface area contributed by atoms with Gasteiger partial charge in [-0.3, -0.25) is 10.1 Å². The molecule has 0 saturated heterocycles. The van der Waals surface area contributed by atoms with E-state index in [1.807, 2.05) is 31.2 Å². The van der Waals surface area contributed by atoms with Crippen molar-refractivity contribution in [2.75, 3.05) is 6.61 Å². The summed E-state index contributed by atoms with van der Waals surface area (Å²) in [4.78, 5) is 15.9. The first-order chi connectivity index (χ1) is 12.8. The van der Waals surface area contributed by atoms with Crippen LogP contribution in [0.3, 0.4) is 0 Å². The quantitative estimate of drug-likeness (QED) is 0.161. The lowest BCUT2D eigenvalue weighted by Gasteiger charge is -2.23. The summed E-state index contributed by atoms with van der Waals surface area (Å²) in [6.45, 7) is 1.17. The summed E-state index contributed by atoms with van der Waals surface area (Å²) in [5, 5.41) is 52.9. The van der Waals surface area contributed by atoms with E-state index >= 15 is 0 Å². The van der Waals surface area contributed by atoms with Gasteiger partial charge in [0.15, 0.2) is 0 Å². The molecule has 0 fully saturated rings. The molecule has 0 unspecified atom stereocenters. The number of benzene rings is 1. The Morgan fingerprint density at radius 1 is 1.19 bits per heavy atom. The molecule has 0 bridgehead atoms. The molecule has 1 aliphatic heterocycles. The van der Waals surface area contributed by atoms with Crippen LogP contribution in [0.4, 0.5) is 0 Å². The van der Waals surface area contributed by atoms with Gasteiger partial charge < -0.3 is 25.5 Å². The van der Waals surface area contributed by atoms with Gasteiger partial charge in [-0.05, 0) is 18.6 Å². The average molecular weight is 378 g/mol. The number of hydrogen-bond acceptors (Lipinski definition) is 9. The molecule has 7 N–H and O–H groups in total. The third-order valence-electron chi connectivity index (χ3n) is 3.76. The summed E-state index contributed by atoms with van der Waals surface area (Å²) in [5.74, 6) is -0.414. The van der Waals surface area contributed by atoms with Gasteiger partial charge in [0.05, 0.1) is 12.8 Å². The largest absolute Gasteiger partial charge is 0.394 e. The zero-order valence-electron chi connectivity index (χ0n) is 14.5. The minimum Gasteiger partial charge on any atom is -0.394 e. The van der Waals surface area contributed by atoms with Crippen LogP contribution in [-0.2, 0) is 4.79 Å². The van der Waals surface area contributed by atoms with Crippen LogP contribution in [0.15, 0.2) is 40.1 Å². The minimum atomic E-state index is -1.77. The highest BCUT2D eigenvalue weighted by molar-refractivity contribution is 6.13. The second-order valence-electron chi connectivity index (χ2n) is 5.97. The van der Waals surface area contributed by atoms with Crippen LogP contribution >= 0.6 is 0 Å². The maximum atomic E-state index is 11.9. The molecule has 1 heterocycles. The number of carbonyl (C=O) groups is 1. The molecule has 1 amide bonds. The van der Waals surface area contributed by atoms with Crippen LogP contribution in [0, 0.1) is 6.92 Å². The molecule has 2 rings (SSSR count). The van der Waals surface area contributed by atoms with Crippen molar-refractivity contribution in [2.45, 2.75) is 31.3 Å². The van der Waals surface area contributed by atoms with Gasteiger partial charge >= 0.3 is 0 Å². The monoisotopic (exact) mass is 378 g/mol. The number of hydrogen-bond donors (Lipinski definition) is 7. The maximum Gasteiger partial charge on any atom is 0.276 e. The number of carbonyl (C=O) groups excluding carboxylic acids is 1. The molecule has 0 saturated carbocycles. The molecule has 0 aromatic heterocycles. The summed E-state index contributed by atoms with van der Waals surface area (Å²) in [7, 11) is 0. The number of guanidine groups is 1. The van der Waals surface area contributed by atoms with Crippen molar-refractivity contribution in [1.82, 2.24) is 10.7 Å². The van der Waals surface area contributed by atoms with Crippen molar-refractivity contribution >= 4 is 24.2 Å². The Morgan fingerprint density at radius 2 is 1.85 bits per heavy atom. The summed E-state index contributed by atoms with van der Waals surface area (Å²) in [5.41, 5.74) is 4.44. The fraction of sp³-hybridized carbons (Fsp3) is 0.353. The first kappa shape index (κ1) is 20.7. The first-order valence-electron chi connectivity index (χ1n) is 8.12. The number of hydrazone groups is 1.